The number of anilines is 1. The first kappa shape index (κ1) is 23.7. The molecule has 1 N–H and O–H groups in total. The molecule has 0 aliphatic carbocycles. The minimum atomic E-state index is -0.813. The summed E-state index contributed by atoms with van der Waals surface area (Å²) in [5.41, 5.74) is -0.0445. The Morgan fingerprint density at radius 3 is 2.34 bits per heavy atom. The van der Waals surface area contributed by atoms with E-state index in [1.165, 1.54) is 38.8 Å². The van der Waals surface area contributed by atoms with Crippen LogP contribution in [-0.4, -0.2) is 49.3 Å². The van der Waals surface area contributed by atoms with Crippen LogP contribution in [-0.2, 0) is 9.53 Å². The van der Waals surface area contributed by atoms with E-state index >= 15 is 0 Å². The Morgan fingerprint density at radius 1 is 1.10 bits per heavy atom. The summed E-state index contributed by atoms with van der Waals surface area (Å²) in [6, 6.07) is 7.64. The van der Waals surface area contributed by atoms with Crippen LogP contribution in [0.4, 0.5) is 5.69 Å². The normalized spacial score (nSPS) is 17.6. The Bertz CT molecular complexity index is 595. The molecule has 1 aromatic rings. The van der Waals surface area contributed by atoms with Gasteiger partial charge in [-0.2, -0.15) is 0 Å². The lowest BCUT2D eigenvalue weighted by molar-refractivity contribution is -0.141. The molecular weight excluding hydrogens is 364 g/mol. The topological polar surface area (TPSA) is 50.8 Å². The van der Waals surface area contributed by atoms with Crippen molar-refractivity contribution in [1.29, 1.82) is 0 Å². The molecule has 1 aromatic carbocycles. The van der Waals surface area contributed by atoms with Crippen LogP contribution in [0.25, 0.3) is 0 Å². The Morgan fingerprint density at radius 2 is 1.76 bits per heavy atom. The third kappa shape index (κ3) is 8.35. The van der Waals surface area contributed by atoms with E-state index in [1.807, 2.05) is 31.2 Å². The molecule has 5 heteroatoms. The molecule has 1 atom stereocenters. The van der Waals surface area contributed by atoms with Crippen LogP contribution in [0.5, 0.6) is 5.75 Å². The van der Waals surface area contributed by atoms with Crippen molar-refractivity contribution in [2.24, 2.45) is 5.92 Å². The van der Waals surface area contributed by atoms with Crippen LogP contribution >= 0.6 is 0 Å². The van der Waals surface area contributed by atoms with Gasteiger partial charge in [0.2, 0.25) is 0 Å². The highest BCUT2D eigenvalue weighted by Gasteiger charge is 2.34. The van der Waals surface area contributed by atoms with Crippen molar-refractivity contribution in [3.8, 4) is 5.75 Å². The van der Waals surface area contributed by atoms with Crippen molar-refractivity contribution >= 4 is 11.6 Å². The maximum absolute atomic E-state index is 12.9. The van der Waals surface area contributed by atoms with Gasteiger partial charge in [-0.1, -0.05) is 33.6 Å². The quantitative estimate of drug-likeness (QED) is 0.557. The van der Waals surface area contributed by atoms with Gasteiger partial charge in [-0.15, -0.1) is 0 Å². The van der Waals surface area contributed by atoms with Crippen molar-refractivity contribution in [2.75, 3.05) is 38.2 Å². The smallest absolute Gasteiger partial charge is 0.256 e. The van der Waals surface area contributed by atoms with Gasteiger partial charge in [0.05, 0.1) is 0 Å². The number of likely N-dealkylation sites (tertiary alicyclic amines) is 1. The van der Waals surface area contributed by atoms with Gasteiger partial charge in [0.25, 0.3) is 5.91 Å². The van der Waals surface area contributed by atoms with Gasteiger partial charge < -0.3 is 14.8 Å². The fraction of sp³-hybridized carbons (Fsp3) is 0.708. The number of amides is 1. The zero-order valence-electron chi connectivity index (χ0n) is 18.8. The molecule has 1 aliphatic heterocycles. The molecule has 1 saturated heterocycles. The van der Waals surface area contributed by atoms with Crippen molar-refractivity contribution < 1.29 is 14.3 Å². The summed E-state index contributed by atoms with van der Waals surface area (Å²) in [6.45, 7) is 12.8. The van der Waals surface area contributed by atoms with E-state index in [4.69, 9.17) is 9.47 Å². The van der Waals surface area contributed by atoms with E-state index in [2.05, 4.69) is 31.0 Å². The fourth-order valence-electron chi connectivity index (χ4n) is 3.87. The lowest BCUT2D eigenvalue weighted by atomic mass is 9.93. The predicted molar refractivity (Wildman–Crippen MR) is 120 cm³/mol. The molecule has 0 bridgehead atoms. The number of benzene rings is 1. The minimum Gasteiger partial charge on any atom is -0.492 e. The van der Waals surface area contributed by atoms with Crippen LogP contribution in [0.15, 0.2) is 24.3 Å². The summed E-state index contributed by atoms with van der Waals surface area (Å²) in [7, 11) is 0. The van der Waals surface area contributed by atoms with Gasteiger partial charge in [0.1, 0.15) is 18.0 Å². The molecule has 5 nitrogen and oxygen atoms in total. The molecule has 0 aromatic heterocycles. The third-order valence-electron chi connectivity index (χ3n) is 5.39. The molecular formula is C24H40N2O3. The van der Waals surface area contributed by atoms with Crippen LogP contribution in [0, 0.1) is 5.92 Å². The molecule has 2 rings (SSSR count). The highest BCUT2D eigenvalue weighted by Crippen LogP contribution is 2.24. The zero-order valence-corrected chi connectivity index (χ0v) is 18.8. The first-order chi connectivity index (χ1) is 13.9. The van der Waals surface area contributed by atoms with Gasteiger partial charge in [-0.25, -0.2) is 0 Å². The number of hydrogen-bond acceptors (Lipinski definition) is 4. The molecule has 0 radical (unpaired) electrons. The van der Waals surface area contributed by atoms with Crippen molar-refractivity contribution in [3.63, 3.8) is 0 Å². The second-order valence-electron chi connectivity index (χ2n) is 8.76. The summed E-state index contributed by atoms with van der Waals surface area (Å²) in [5.74, 6) is 1.13. The molecule has 29 heavy (non-hydrogen) atoms. The number of nitrogens with one attached hydrogen (secondary N) is 1. The van der Waals surface area contributed by atoms with E-state index < -0.39 is 5.60 Å². The first-order valence-electron chi connectivity index (χ1n) is 11.3. The summed E-state index contributed by atoms with van der Waals surface area (Å²) in [6.07, 6.45) is 6.88. The van der Waals surface area contributed by atoms with Gasteiger partial charge in [-0.3, -0.25) is 9.69 Å². The summed E-state index contributed by atoms with van der Waals surface area (Å²) >= 11 is 0. The first-order valence-corrected chi connectivity index (χ1v) is 11.3. The fourth-order valence-corrected chi connectivity index (χ4v) is 3.87. The van der Waals surface area contributed by atoms with Crippen LogP contribution in [0.3, 0.4) is 0 Å². The Kier molecular flexibility index (Phi) is 9.95. The van der Waals surface area contributed by atoms with Gasteiger partial charge in [-0.05, 0) is 75.9 Å². The zero-order chi connectivity index (χ0) is 21.1. The lowest BCUT2D eigenvalue weighted by Crippen LogP contribution is -2.44. The van der Waals surface area contributed by atoms with E-state index in [0.717, 1.165) is 24.4 Å². The van der Waals surface area contributed by atoms with E-state index in [0.29, 0.717) is 25.6 Å². The molecule has 164 valence electrons. The minimum absolute atomic E-state index is 0.0884. The molecule has 1 fully saturated rings. The van der Waals surface area contributed by atoms with E-state index in [1.54, 1.807) is 0 Å². The Balaban J connectivity index is 1.84. The Labute approximate surface area is 177 Å². The van der Waals surface area contributed by atoms with E-state index in [9.17, 15) is 4.79 Å². The standard InChI is InChI=1S/C24H40N2O3/c1-5-17-29-24(4,19-20(2)3)23(27)25-21-10-12-22(13-11-21)28-18-16-26-14-8-6-7-9-15-26/h10-13,20H,5-9,14-19H2,1-4H3,(H,25,27)/t24-/m0/s1. The van der Waals surface area contributed by atoms with E-state index in [-0.39, 0.29) is 5.91 Å². The molecule has 0 saturated carbocycles. The average molecular weight is 405 g/mol. The Hall–Kier alpha value is -1.59. The van der Waals surface area contributed by atoms with Crippen LogP contribution in [0.2, 0.25) is 0 Å². The second kappa shape index (κ2) is 12.2. The molecule has 1 amide bonds. The van der Waals surface area contributed by atoms with Gasteiger partial charge >= 0.3 is 0 Å². The summed E-state index contributed by atoms with van der Waals surface area (Å²) in [4.78, 5) is 15.4. The van der Waals surface area contributed by atoms with Crippen LogP contribution in [0.1, 0.15) is 66.2 Å². The highest BCUT2D eigenvalue weighted by molar-refractivity contribution is 5.97. The van der Waals surface area contributed by atoms with Gasteiger partial charge in [0, 0.05) is 18.8 Å². The lowest BCUT2D eigenvalue weighted by Gasteiger charge is -2.30. The number of carbonyl (C=O) groups excluding carboxylic acids is 1. The van der Waals surface area contributed by atoms with Crippen molar-refractivity contribution in [2.45, 2.75) is 71.8 Å². The average Bonchev–Trinajstić information content (AvgIpc) is 2.96. The second-order valence-corrected chi connectivity index (χ2v) is 8.76. The SMILES string of the molecule is CCCO[C@@](C)(CC(C)C)C(=O)Nc1ccc(OCCN2CCCCCC2)cc1. The number of carbonyl (C=O) groups is 1. The number of nitrogens with zero attached hydrogens (tertiary/aromatic N) is 1. The number of rotatable bonds is 11. The highest BCUT2D eigenvalue weighted by atomic mass is 16.5. The largest absolute Gasteiger partial charge is 0.492 e. The monoisotopic (exact) mass is 404 g/mol. The van der Waals surface area contributed by atoms with Gasteiger partial charge in [0.15, 0.2) is 0 Å². The number of hydrogen-bond donors (Lipinski definition) is 1. The number of ether oxygens (including phenoxy) is 2. The summed E-state index contributed by atoms with van der Waals surface area (Å²) in [5, 5.41) is 3.01. The summed E-state index contributed by atoms with van der Waals surface area (Å²) < 4.78 is 11.8. The maximum Gasteiger partial charge on any atom is 0.256 e. The van der Waals surface area contributed by atoms with Crippen LogP contribution < -0.4 is 10.1 Å². The van der Waals surface area contributed by atoms with Crippen molar-refractivity contribution in [1.82, 2.24) is 4.90 Å². The van der Waals surface area contributed by atoms with Crippen molar-refractivity contribution in [3.05, 3.63) is 24.3 Å². The third-order valence-corrected chi connectivity index (χ3v) is 5.39. The molecule has 1 aliphatic rings. The maximum atomic E-state index is 12.9. The molecule has 1 heterocycles. The molecule has 0 spiro atoms. The molecule has 0 unspecified atom stereocenters. The predicted octanol–water partition coefficient (Wildman–Crippen LogP) is 5.11.